The first-order chi connectivity index (χ1) is 9.05. The SMILES string of the molecule is COC(=O)c1ccc(CNC(=O)C2(F)CCNC2)s1.Cl. The largest absolute Gasteiger partial charge is 0.465 e. The van der Waals surface area contributed by atoms with E-state index in [9.17, 15) is 14.0 Å². The summed E-state index contributed by atoms with van der Waals surface area (Å²) in [5.41, 5.74) is -1.82. The fourth-order valence-electron chi connectivity index (χ4n) is 1.86. The molecule has 20 heavy (non-hydrogen) atoms. The van der Waals surface area contributed by atoms with Crippen LogP contribution in [0.25, 0.3) is 0 Å². The van der Waals surface area contributed by atoms with Crippen LogP contribution in [-0.2, 0) is 16.1 Å². The third-order valence-electron chi connectivity index (χ3n) is 2.98. The van der Waals surface area contributed by atoms with Crippen LogP contribution in [0.3, 0.4) is 0 Å². The zero-order valence-corrected chi connectivity index (χ0v) is 12.5. The summed E-state index contributed by atoms with van der Waals surface area (Å²) in [6.07, 6.45) is 0.191. The first-order valence-electron chi connectivity index (χ1n) is 5.90. The average Bonchev–Trinajstić information content (AvgIpc) is 3.04. The fraction of sp³-hybridized carbons (Fsp3) is 0.500. The predicted molar refractivity (Wildman–Crippen MR) is 76.1 cm³/mol. The highest BCUT2D eigenvalue weighted by atomic mass is 35.5. The maximum atomic E-state index is 14.1. The number of nitrogens with one attached hydrogen (secondary N) is 2. The zero-order chi connectivity index (χ0) is 13.9. The van der Waals surface area contributed by atoms with Gasteiger partial charge in [0.1, 0.15) is 4.88 Å². The van der Waals surface area contributed by atoms with Crippen LogP contribution < -0.4 is 10.6 Å². The molecule has 0 radical (unpaired) electrons. The summed E-state index contributed by atoms with van der Waals surface area (Å²) in [7, 11) is 1.31. The zero-order valence-electron chi connectivity index (χ0n) is 10.9. The number of esters is 1. The Labute approximate surface area is 126 Å². The van der Waals surface area contributed by atoms with E-state index >= 15 is 0 Å². The molecule has 5 nitrogen and oxygen atoms in total. The lowest BCUT2D eigenvalue weighted by Crippen LogP contribution is -2.44. The average molecular weight is 323 g/mol. The number of hydrogen-bond acceptors (Lipinski definition) is 5. The van der Waals surface area contributed by atoms with E-state index in [2.05, 4.69) is 15.4 Å². The van der Waals surface area contributed by atoms with Crippen LogP contribution in [0.2, 0.25) is 0 Å². The molecule has 1 unspecified atom stereocenters. The Hall–Kier alpha value is -1.18. The number of methoxy groups -OCH3 is 1. The highest BCUT2D eigenvalue weighted by Gasteiger charge is 2.41. The summed E-state index contributed by atoms with van der Waals surface area (Å²) < 4.78 is 18.6. The van der Waals surface area contributed by atoms with Gasteiger partial charge in [-0.3, -0.25) is 4.79 Å². The van der Waals surface area contributed by atoms with Crippen molar-refractivity contribution >= 4 is 35.6 Å². The molecule has 1 aromatic rings. The Bertz CT molecular complexity index is 489. The van der Waals surface area contributed by atoms with Gasteiger partial charge in [0.2, 0.25) is 5.67 Å². The van der Waals surface area contributed by atoms with Crippen molar-refractivity contribution in [2.75, 3.05) is 20.2 Å². The number of hydrogen-bond donors (Lipinski definition) is 2. The molecule has 0 saturated carbocycles. The van der Waals surface area contributed by atoms with Crippen molar-refractivity contribution in [1.29, 1.82) is 0 Å². The maximum absolute atomic E-state index is 14.1. The fourth-order valence-corrected chi connectivity index (χ4v) is 2.73. The van der Waals surface area contributed by atoms with Crippen LogP contribution in [0.5, 0.6) is 0 Å². The van der Waals surface area contributed by atoms with Gasteiger partial charge >= 0.3 is 5.97 Å². The number of alkyl halides is 1. The summed E-state index contributed by atoms with van der Waals surface area (Å²) in [6, 6.07) is 3.34. The van der Waals surface area contributed by atoms with Crippen molar-refractivity contribution in [2.45, 2.75) is 18.6 Å². The molecule has 0 aliphatic carbocycles. The molecule has 1 fully saturated rings. The highest BCUT2D eigenvalue weighted by Crippen LogP contribution is 2.21. The van der Waals surface area contributed by atoms with Crippen molar-refractivity contribution in [3.05, 3.63) is 21.9 Å². The molecule has 1 amide bonds. The molecular weight excluding hydrogens is 307 g/mol. The molecule has 1 saturated heterocycles. The molecule has 0 aromatic carbocycles. The Morgan fingerprint density at radius 1 is 1.55 bits per heavy atom. The Kier molecular flexibility index (Phi) is 5.91. The predicted octanol–water partition coefficient (Wildman–Crippen LogP) is 1.27. The van der Waals surface area contributed by atoms with Crippen LogP contribution in [0.15, 0.2) is 12.1 Å². The van der Waals surface area contributed by atoms with Crippen molar-refractivity contribution in [1.82, 2.24) is 10.6 Å². The molecule has 1 atom stereocenters. The van der Waals surface area contributed by atoms with Gasteiger partial charge in [-0.05, 0) is 18.7 Å². The Morgan fingerprint density at radius 3 is 2.90 bits per heavy atom. The van der Waals surface area contributed by atoms with Crippen LogP contribution in [0.4, 0.5) is 4.39 Å². The maximum Gasteiger partial charge on any atom is 0.348 e. The minimum absolute atomic E-state index is 0. The molecule has 2 rings (SSSR count). The molecule has 1 aromatic heterocycles. The number of thiophene rings is 1. The van der Waals surface area contributed by atoms with Gasteiger partial charge in [0, 0.05) is 17.8 Å². The first kappa shape index (κ1) is 16.9. The van der Waals surface area contributed by atoms with E-state index in [-0.39, 0.29) is 31.9 Å². The van der Waals surface area contributed by atoms with E-state index in [0.717, 1.165) is 4.88 Å². The third kappa shape index (κ3) is 3.68. The second-order valence-electron chi connectivity index (χ2n) is 4.33. The van der Waals surface area contributed by atoms with Crippen molar-refractivity contribution in [3.8, 4) is 0 Å². The number of carbonyl (C=O) groups is 2. The second-order valence-corrected chi connectivity index (χ2v) is 5.50. The van der Waals surface area contributed by atoms with Crippen LogP contribution >= 0.6 is 23.7 Å². The minimum Gasteiger partial charge on any atom is -0.465 e. The molecule has 8 heteroatoms. The van der Waals surface area contributed by atoms with Gasteiger partial charge in [0.05, 0.1) is 13.7 Å². The first-order valence-corrected chi connectivity index (χ1v) is 6.72. The number of ether oxygens (including phenoxy) is 1. The van der Waals surface area contributed by atoms with Gasteiger partial charge in [0.15, 0.2) is 0 Å². The molecule has 2 heterocycles. The topological polar surface area (TPSA) is 67.4 Å². The molecule has 1 aliphatic heterocycles. The summed E-state index contributed by atoms with van der Waals surface area (Å²) >= 11 is 1.22. The van der Waals surface area contributed by atoms with Crippen molar-refractivity contribution in [2.24, 2.45) is 0 Å². The summed E-state index contributed by atoms with van der Waals surface area (Å²) in [5, 5.41) is 5.38. The second kappa shape index (κ2) is 7.01. The van der Waals surface area contributed by atoms with E-state index in [1.807, 2.05) is 0 Å². The van der Waals surface area contributed by atoms with Crippen LogP contribution in [0.1, 0.15) is 21.0 Å². The summed E-state index contributed by atoms with van der Waals surface area (Å²) in [6.45, 7) is 0.776. The Morgan fingerprint density at radius 2 is 2.30 bits per heavy atom. The van der Waals surface area contributed by atoms with E-state index in [1.54, 1.807) is 12.1 Å². The molecule has 0 bridgehead atoms. The monoisotopic (exact) mass is 322 g/mol. The standard InChI is InChI=1S/C12H15FN2O3S.ClH/c1-18-10(16)9-3-2-8(19-9)6-15-11(17)12(13)4-5-14-7-12;/h2-3,14H,4-7H2,1H3,(H,15,17);1H. The molecular formula is C12H16ClFN2O3S. The van der Waals surface area contributed by atoms with E-state index in [1.165, 1.54) is 18.4 Å². The quantitative estimate of drug-likeness (QED) is 0.819. The van der Waals surface area contributed by atoms with Gasteiger partial charge in [0.25, 0.3) is 5.91 Å². The number of carbonyl (C=O) groups excluding carboxylic acids is 2. The van der Waals surface area contributed by atoms with Crippen molar-refractivity contribution in [3.63, 3.8) is 0 Å². The van der Waals surface area contributed by atoms with Crippen molar-refractivity contribution < 1.29 is 18.7 Å². The number of halogens is 2. The van der Waals surface area contributed by atoms with E-state index < -0.39 is 17.5 Å². The molecule has 1 aliphatic rings. The summed E-state index contributed by atoms with van der Waals surface area (Å²) in [5.74, 6) is -1.02. The van der Waals surface area contributed by atoms with Crippen LogP contribution in [0, 0.1) is 0 Å². The van der Waals surface area contributed by atoms with E-state index in [0.29, 0.717) is 11.4 Å². The number of amides is 1. The van der Waals surface area contributed by atoms with Gasteiger partial charge in [-0.2, -0.15) is 0 Å². The smallest absolute Gasteiger partial charge is 0.348 e. The third-order valence-corrected chi connectivity index (χ3v) is 4.05. The van der Waals surface area contributed by atoms with Gasteiger partial charge in [-0.25, -0.2) is 9.18 Å². The Balaban J connectivity index is 0.00000200. The lowest BCUT2D eigenvalue weighted by molar-refractivity contribution is -0.131. The minimum atomic E-state index is -1.82. The molecule has 112 valence electrons. The summed E-state index contributed by atoms with van der Waals surface area (Å²) in [4.78, 5) is 24.2. The van der Waals surface area contributed by atoms with Crippen LogP contribution in [-0.4, -0.2) is 37.7 Å². The van der Waals surface area contributed by atoms with Gasteiger partial charge in [-0.1, -0.05) is 0 Å². The lowest BCUT2D eigenvalue weighted by atomic mass is 10.1. The molecule has 0 spiro atoms. The lowest BCUT2D eigenvalue weighted by Gasteiger charge is -2.16. The normalized spacial score (nSPS) is 21.1. The number of rotatable bonds is 4. The molecule has 2 N–H and O–H groups in total. The highest BCUT2D eigenvalue weighted by molar-refractivity contribution is 7.13. The van der Waals surface area contributed by atoms with E-state index in [4.69, 9.17) is 0 Å². The van der Waals surface area contributed by atoms with Gasteiger partial charge < -0.3 is 15.4 Å². The van der Waals surface area contributed by atoms with Gasteiger partial charge in [-0.15, -0.1) is 23.7 Å².